The van der Waals surface area contributed by atoms with Crippen LogP contribution in [0.25, 0.3) is 0 Å². The van der Waals surface area contributed by atoms with Gasteiger partial charge in [-0.15, -0.1) is 0 Å². The highest BCUT2D eigenvalue weighted by atomic mass is 35.5. The van der Waals surface area contributed by atoms with E-state index < -0.39 is 28.5 Å². The van der Waals surface area contributed by atoms with Crippen molar-refractivity contribution in [1.29, 1.82) is 0 Å². The Bertz CT molecular complexity index is 1760. The van der Waals surface area contributed by atoms with Crippen LogP contribution in [-0.2, 0) is 32.6 Å². The summed E-state index contributed by atoms with van der Waals surface area (Å²) in [4.78, 5) is 29.9. The predicted molar refractivity (Wildman–Crippen MR) is 186 cm³/mol. The molecule has 1 unspecified atom stereocenters. The van der Waals surface area contributed by atoms with Gasteiger partial charge in [0.1, 0.15) is 12.6 Å². The SMILES string of the molecule is Cc1ccc(S(=O)(=O)N(CC(=O)N(Cc2cccc(C)c2)C(Cc2ccccc2)C(=O)NCC(C)C)c2ccc(Cl)c(Cl)c2)cc1. The molecular formula is C36H39Cl2N3O4S. The first kappa shape index (κ1) is 35.0. The summed E-state index contributed by atoms with van der Waals surface area (Å²) < 4.78 is 29.4. The van der Waals surface area contributed by atoms with E-state index in [-0.39, 0.29) is 45.4 Å². The first-order valence-corrected chi connectivity index (χ1v) is 17.3. The van der Waals surface area contributed by atoms with Crippen LogP contribution in [0, 0.1) is 19.8 Å². The number of anilines is 1. The van der Waals surface area contributed by atoms with E-state index in [0.29, 0.717) is 6.54 Å². The zero-order valence-corrected chi connectivity index (χ0v) is 28.7. The number of nitrogens with zero attached hydrogens (tertiary/aromatic N) is 2. The van der Waals surface area contributed by atoms with Crippen molar-refractivity contribution in [1.82, 2.24) is 10.2 Å². The minimum atomic E-state index is -4.25. The van der Waals surface area contributed by atoms with E-state index in [1.165, 1.54) is 35.2 Å². The quantitative estimate of drug-likeness (QED) is 0.162. The third-order valence-corrected chi connectivity index (χ3v) is 10.00. The Labute approximate surface area is 282 Å². The maximum Gasteiger partial charge on any atom is 0.264 e. The van der Waals surface area contributed by atoms with E-state index in [1.807, 2.05) is 82.3 Å². The van der Waals surface area contributed by atoms with Gasteiger partial charge in [0.2, 0.25) is 11.8 Å². The highest BCUT2D eigenvalue weighted by Gasteiger charge is 2.35. The van der Waals surface area contributed by atoms with E-state index in [0.717, 1.165) is 26.6 Å². The van der Waals surface area contributed by atoms with Gasteiger partial charge < -0.3 is 10.2 Å². The highest BCUT2D eigenvalue weighted by molar-refractivity contribution is 7.92. The molecule has 46 heavy (non-hydrogen) atoms. The van der Waals surface area contributed by atoms with Crippen LogP contribution in [0.2, 0.25) is 10.0 Å². The molecule has 4 aromatic rings. The van der Waals surface area contributed by atoms with E-state index in [2.05, 4.69) is 5.32 Å². The Morgan fingerprint density at radius 1 is 0.783 bits per heavy atom. The predicted octanol–water partition coefficient (Wildman–Crippen LogP) is 7.22. The molecule has 0 fully saturated rings. The molecule has 4 rings (SSSR count). The Kier molecular flexibility index (Phi) is 11.9. The number of sulfonamides is 1. The molecule has 2 amide bonds. The van der Waals surface area contributed by atoms with Crippen molar-refractivity contribution in [2.75, 3.05) is 17.4 Å². The number of rotatable bonds is 13. The molecule has 1 atom stereocenters. The van der Waals surface area contributed by atoms with Crippen molar-refractivity contribution in [3.05, 3.63) is 129 Å². The Morgan fingerprint density at radius 2 is 1.46 bits per heavy atom. The van der Waals surface area contributed by atoms with E-state index >= 15 is 0 Å². The van der Waals surface area contributed by atoms with Gasteiger partial charge in [-0.3, -0.25) is 13.9 Å². The summed E-state index contributed by atoms with van der Waals surface area (Å²) in [5.74, 6) is -0.683. The number of amides is 2. The van der Waals surface area contributed by atoms with Crippen LogP contribution in [0.4, 0.5) is 5.69 Å². The highest BCUT2D eigenvalue weighted by Crippen LogP contribution is 2.31. The van der Waals surface area contributed by atoms with Gasteiger partial charge in [0.05, 0.1) is 20.6 Å². The molecule has 0 saturated heterocycles. The fraction of sp³-hybridized carbons (Fsp3) is 0.278. The molecule has 0 aliphatic rings. The van der Waals surface area contributed by atoms with Crippen LogP contribution in [0.3, 0.4) is 0 Å². The fourth-order valence-corrected chi connectivity index (χ4v) is 6.69. The van der Waals surface area contributed by atoms with Crippen LogP contribution >= 0.6 is 23.2 Å². The molecule has 0 radical (unpaired) electrons. The Balaban J connectivity index is 1.82. The van der Waals surface area contributed by atoms with Crippen molar-refractivity contribution in [3.8, 4) is 0 Å². The third-order valence-electron chi connectivity index (χ3n) is 7.47. The number of hydrogen-bond acceptors (Lipinski definition) is 4. The summed E-state index contributed by atoms with van der Waals surface area (Å²) >= 11 is 12.5. The number of halogens is 2. The van der Waals surface area contributed by atoms with Crippen LogP contribution in [0.5, 0.6) is 0 Å². The second kappa shape index (κ2) is 15.6. The number of carbonyl (C=O) groups is 2. The van der Waals surface area contributed by atoms with Crippen molar-refractivity contribution in [3.63, 3.8) is 0 Å². The standard InChI is InChI=1S/C36H39Cl2N3O4S/c1-25(2)22-39-36(43)34(20-28-10-6-5-7-11-28)40(23-29-12-8-9-27(4)19-29)35(42)24-41(30-15-18-32(37)33(38)21-30)46(44,45)31-16-13-26(3)14-17-31/h5-19,21,25,34H,20,22-24H2,1-4H3,(H,39,43). The van der Waals surface area contributed by atoms with Crippen LogP contribution < -0.4 is 9.62 Å². The Morgan fingerprint density at radius 3 is 2.09 bits per heavy atom. The normalized spacial score (nSPS) is 12.1. The van der Waals surface area contributed by atoms with E-state index in [1.54, 1.807) is 12.1 Å². The molecule has 1 N–H and O–H groups in total. The molecule has 0 aliphatic heterocycles. The lowest BCUT2D eigenvalue weighted by molar-refractivity contribution is -0.140. The molecular weight excluding hydrogens is 641 g/mol. The summed E-state index contributed by atoms with van der Waals surface area (Å²) in [6, 6.07) is 27.0. The molecule has 0 heterocycles. The van der Waals surface area contributed by atoms with Crippen molar-refractivity contribution < 1.29 is 18.0 Å². The van der Waals surface area contributed by atoms with Gasteiger partial charge in [0.25, 0.3) is 10.0 Å². The average molecular weight is 681 g/mol. The molecule has 0 aliphatic carbocycles. The van der Waals surface area contributed by atoms with Gasteiger partial charge in [0.15, 0.2) is 0 Å². The number of aryl methyl sites for hydroxylation is 2. The molecule has 0 bridgehead atoms. The monoisotopic (exact) mass is 679 g/mol. The Hall–Kier alpha value is -3.85. The minimum Gasteiger partial charge on any atom is -0.354 e. The average Bonchev–Trinajstić information content (AvgIpc) is 3.02. The number of carbonyl (C=O) groups excluding carboxylic acids is 2. The molecule has 0 saturated carbocycles. The summed E-state index contributed by atoms with van der Waals surface area (Å²) in [6.45, 7) is 7.73. The topological polar surface area (TPSA) is 86.8 Å². The van der Waals surface area contributed by atoms with Gasteiger partial charge in [-0.1, -0.05) is 115 Å². The molecule has 7 nitrogen and oxygen atoms in total. The molecule has 242 valence electrons. The summed E-state index contributed by atoms with van der Waals surface area (Å²) in [5, 5.41) is 3.38. The first-order chi connectivity index (χ1) is 21.8. The van der Waals surface area contributed by atoms with Gasteiger partial charge in [-0.2, -0.15) is 0 Å². The maximum absolute atomic E-state index is 14.6. The van der Waals surface area contributed by atoms with Gasteiger partial charge in [0, 0.05) is 19.5 Å². The smallest absolute Gasteiger partial charge is 0.264 e. The lowest BCUT2D eigenvalue weighted by atomic mass is 10.0. The number of hydrogen-bond donors (Lipinski definition) is 1. The lowest BCUT2D eigenvalue weighted by Crippen LogP contribution is -2.53. The molecule has 0 aromatic heterocycles. The number of benzene rings is 4. The van der Waals surface area contributed by atoms with Gasteiger partial charge >= 0.3 is 0 Å². The van der Waals surface area contributed by atoms with E-state index in [4.69, 9.17) is 23.2 Å². The van der Waals surface area contributed by atoms with Gasteiger partial charge in [-0.25, -0.2) is 8.42 Å². The largest absolute Gasteiger partial charge is 0.354 e. The zero-order valence-electron chi connectivity index (χ0n) is 26.4. The van der Waals surface area contributed by atoms with Crippen LogP contribution in [0.1, 0.15) is 36.1 Å². The van der Waals surface area contributed by atoms with Crippen molar-refractivity contribution in [2.24, 2.45) is 5.92 Å². The fourth-order valence-electron chi connectivity index (χ4n) is 4.99. The molecule has 4 aromatic carbocycles. The first-order valence-electron chi connectivity index (χ1n) is 15.1. The second-order valence-electron chi connectivity index (χ2n) is 11.8. The van der Waals surface area contributed by atoms with Crippen LogP contribution in [-0.4, -0.2) is 44.3 Å². The number of nitrogens with one attached hydrogen (secondary N) is 1. The van der Waals surface area contributed by atoms with Crippen LogP contribution in [0.15, 0.2) is 102 Å². The molecule has 0 spiro atoms. The second-order valence-corrected chi connectivity index (χ2v) is 14.5. The minimum absolute atomic E-state index is 0.0118. The molecule has 10 heteroatoms. The van der Waals surface area contributed by atoms with Gasteiger partial charge in [-0.05, 0) is 61.2 Å². The maximum atomic E-state index is 14.6. The lowest BCUT2D eigenvalue weighted by Gasteiger charge is -2.34. The summed E-state index contributed by atoms with van der Waals surface area (Å²) in [5.41, 5.74) is 3.72. The zero-order chi connectivity index (χ0) is 33.4. The summed E-state index contributed by atoms with van der Waals surface area (Å²) in [7, 11) is -4.25. The van der Waals surface area contributed by atoms with E-state index in [9.17, 15) is 18.0 Å². The third kappa shape index (κ3) is 9.12. The summed E-state index contributed by atoms with van der Waals surface area (Å²) in [6.07, 6.45) is 0.236. The van der Waals surface area contributed by atoms with Crippen molar-refractivity contribution >= 4 is 50.7 Å². The van der Waals surface area contributed by atoms with Crippen molar-refractivity contribution in [2.45, 2.75) is 51.6 Å².